The molecule has 15 heteroatoms. The van der Waals surface area contributed by atoms with E-state index in [0.29, 0.717) is 62.6 Å². The van der Waals surface area contributed by atoms with Crippen LogP contribution in [0.15, 0.2) is 154 Å². The van der Waals surface area contributed by atoms with Gasteiger partial charge in [0.25, 0.3) is 0 Å². The number of piperidine rings is 2. The third-order valence-electron chi connectivity index (χ3n) is 13.8. The molecule has 11 nitrogen and oxygen atoms in total. The third kappa shape index (κ3) is 31.5. The van der Waals surface area contributed by atoms with Crippen LogP contribution in [0.2, 0.25) is 0 Å². The largest absolute Gasteiger partial charge is 0.244 e. The van der Waals surface area contributed by atoms with E-state index in [4.69, 9.17) is 0 Å². The van der Waals surface area contributed by atoms with Crippen molar-refractivity contribution in [3.63, 3.8) is 0 Å². The van der Waals surface area contributed by atoms with Gasteiger partial charge in [0, 0.05) is 54.8 Å². The Bertz CT molecular complexity index is 2540. The average molecular weight is 1320 g/mol. The summed E-state index contributed by atoms with van der Waals surface area (Å²) in [5.41, 5.74) is 1.41. The summed E-state index contributed by atoms with van der Waals surface area (Å²) in [4.78, 5) is 9.38. The Labute approximate surface area is 556 Å². The number of nitrogens with zero attached hydrogens (tertiary/aromatic N) is 5. The van der Waals surface area contributed by atoms with Crippen molar-refractivity contribution in [2.45, 2.75) is 277 Å². The lowest BCUT2D eigenvalue weighted by Gasteiger charge is -2.52. The highest BCUT2D eigenvalue weighted by Crippen LogP contribution is 2.45. The summed E-state index contributed by atoms with van der Waals surface area (Å²) in [6.45, 7) is 53.8. The van der Waals surface area contributed by atoms with Gasteiger partial charge in [0.15, 0.2) is 0 Å². The van der Waals surface area contributed by atoms with Crippen molar-refractivity contribution in [1.29, 1.82) is 0 Å². The van der Waals surface area contributed by atoms with Gasteiger partial charge in [0.2, 0.25) is 30.1 Å². The molecule has 5 aliphatic rings. The standard InChI is InChI=1S/C16H23NO2S.C13H19NO2S.C12H17NO2S2.C9H12.C7H10N2.8C2H6.CH4/c1-12(2)16-13-8-10-14(11-9-13)17(16)20(18,19)15-6-4-3-5-7-15;1-11(2)13-9-6-10-14(13)17(15,16)12-7-4-3-5-8-12;1-10(2)12-8-16-9-13(12)17(14,15)11-6-4-3-5-7-11;1-8(2)9-6-4-3-5-7-9;1-6(2)7-8-4-3-5-9-7;8*1-2;/h3-7,12-14,16H,8-11H2,1-2H3;3-5,7-8,11,13H,6,9-10H2,1-2H3;3-7,10,12H,8-9H2,1-2H3;3-8H,1-2H3;3-6H,1-2H3;8*1-2H3;1H4. The van der Waals surface area contributed by atoms with E-state index in [9.17, 15) is 25.3 Å². The van der Waals surface area contributed by atoms with Crippen LogP contribution in [0.1, 0.15) is 249 Å². The molecule has 4 aromatic carbocycles. The van der Waals surface area contributed by atoms with Gasteiger partial charge in [0.1, 0.15) is 5.82 Å². The second-order valence-corrected chi connectivity index (χ2v) is 27.3. The molecule has 3 atom stereocenters. The van der Waals surface area contributed by atoms with Crippen LogP contribution < -0.4 is 0 Å². The molecule has 89 heavy (non-hydrogen) atoms. The molecule has 3 unspecified atom stereocenters. The van der Waals surface area contributed by atoms with Crippen molar-refractivity contribution >= 4 is 41.8 Å². The highest BCUT2D eigenvalue weighted by atomic mass is 32.2. The highest BCUT2D eigenvalue weighted by molar-refractivity contribution is 8.00. The zero-order valence-corrected chi connectivity index (χ0v) is 63.5. The van der Waals surface area contributed by atoms with Crippen molar-refractivity contribution in [1.82, 2.24) is 22.9 Å². The van der Waals surface area contributed by atoms with Crippen LogP contribution in [0.5, 0.6) is 0 Å². The van der Waals surface area contributed by atoms with E-state index in [0.717, 1.165) is 37.3 Å². The van der Waals surface area contributed by atoms with E-state index >= 15 is 0 Å². The Morgan fingerprint density at radius 2 is 0.775 bits per heavy atom. The summed E-state index contributed by atoms with van der Waals surface area (Å²) in [5.74, 6) is 5.11. The smallest absolute Gasteiger partial charge is 0.241 e. The lowest BCUT2D eigenvalue weighted by Crippen LogP contribution is -2.59. The molecular weight excluding hydrogens is 1180 g/mol. The Balaban J connectivity index is -0.000000318. The molecule has 10 rings (SSSR count). The van der Waals surface area contributed by atoms with Gasteiger partial charge in [-0.15, -0.1) is 11.8 Å². The van der Waals surface area contributed by atoms with Crippen LogP contribution in [-0.2, 0) is 30.1 Å². The average Bonchev–Trinajstić information content (AvgIpc) is 1.45. The predicted octanol–water partition coefficient (Wildman–Crippen LogP) is 21.4. The van der Waals surface area contributed by atoms with Crippen molar-refractivity contribution in [2.24, 2.45) is 23.7 Å². The Morgan fingerprint density at radius 1 is 0.416 bits per heavy atom. The molecule has 514 valence electrons. The summed E-state index contributed by atoms with van der Waals surface area (Å²) in [6, 6.07) is 39.3. The van der Waals surface area contributed by atoms with Crippen LogP contribution in [0.4, 0.5) is 0 Å². The summed E-state index contributed by atoms with van der Waals surface area (Å²) >= 11 is 1.69. The van der Waals surface area contributed by atoms with Crippen LogP contribution in [0.25, 0.3) is 0 Å². The van der Waals surface area contributed by atoms with Gasteiger partial charge >= 0.3 is 0 Å². The first-order chi connectivity index (χ1) is 42.2. The van der Waals surface area contributed by atoms with E-state index in [-0.39, 0.29) is 31.6 Å². The minimum Gasteiger partial charge on any atom is -0.241 e. The first-order valence-corrected chi connectivity index (χ1v) is 39.3. The molecule has 1 aliphatic carbocycles. The maximum Gasteiger partial charge on any atom is 0.244 e. The second kappa shape index (κ2) is 54.6. The van der Waals surface area contributed by atoms with E-state index in [1.807, 2.05) is 145 Å². The summed E-state index contributed by atoms with van der Waals surface area (Å²) in [6.07, 6.45) is 9.91. The zero-order chi connectivity index (χ0) is 68.6. The fourth-order valence-electron chi connectivity index (χ4n) is 9.91. The molecule has 0 spiro atoms. The molecule has 1 saturated carbocycles. The number of benzene rings is 4. The van der Waals surface area contributed by atoms with Crippen molar-refractivity contribution in [2.75, 3.05) is 18.2 Å². The quantitative estimate of drug-likeness (QED) is 0.126. The minimum absolute atomic E-state index is 0. The number of aromatic nitrogens is 2. The molecule has 5 fully saturated rings. The van der Waals surface area contributed by atoms with Gasteiger partial charge in [-0.2, -0.15) is 12.9 Å². The normalized spacial score (nSPS) is 18.0. The van der Waals surface area contributed by atoms with E-state index in [2.05, 4.69) is 103 Å². The SMILES string of the molecule is C.CC.CC.CC.CC.CC.CC.CC.CC.CC(C)C1C2CCC(CC2)N1S(=O)(=O)c1ccccc1.CC(C)C1CCCN1S(=O)(=O)c1ccccc1.CC(C)C1CSCN1S(=O)(=O)c1ccccc1.CC(C)c1ccccc1.CC(C)c1ncccn1. The number of thioether (sulfide) groups is 1. The third-order valence-corrected chi connectivity index (χ3v) is 20.8. The summed E-state index contributed by atoms with van der Waals surface area (Å²) in [5, 5.41) is 0. The van der Waals surface area contributed by atoms with Gasteiger partial charge in [-0.05, 0) is 116 Å². The highest BCUT2D eigenvalue weighted by Gasteiger charge is 2.48. The van der Waals surface area contributed by atoms with E-state index in [1.165, 1.54) is 18.4 Å². The fourth-order valence-corrected chi connectivity index (χ4v) is 17.4. The van der Waals surface area contributed by atoms with Crippen LogP contribution >= 0.6 is 11.8 Å². The van der Waals surface area contributed by atoms with Crippen molar-refractivity contribution in [3.8, 4) is 0 Å². The molecule has 0 amide bonds. The minimum atomic E-state index is -3.35. The molecule has 5 heterocycles. The Kier molecular flexibility index (Phi) is 57.5. The Hall–Kier alpha value is -3.96. The van der Waals surface area contributed by atoms with Gasteiger partial charge in [-0.25, -0.2) is 35.2 Å². The molecule has 2 bridgehead atoms. The van der Waals surface area contributed by atoms with Crippen LogP contribution in [0.3, 0.4) is 0 Å². The van der Waals surface area contributed by atoms with Gasteiger partial charge in [-0.1, -0.05) is 272 Å². The van der Waals surface area contributed by atoms with Crippen molar-refractivity contribution < 1.29 is 25.3 Å². The monoisotopic (exact) mass is 1320 g/mol. The molecule has 1 aromatic heterocycles. The number of rotatable bonds is 11. The van der Waals surface area contributed by atoms with Gasteiger partial charge in [0.05, 0.1) is 20.6 Å². The second-order valence-electron chi connectivity index (χ2n) is 20.7. The van der Waals surface area contributed by atoms with Crippen LogP contribution in [0, 0.1) is 23.7 Å². The lowest BCUT2D eigenvalue weighted by molar-refractivity contribution is 0.0296. The Morgan fingerprint density at radius 3 is 1.10 bits per heavy atom. The molecule has 5 aromatic rings. The van der Waals surface area contributed by atoms with Crippen LogP contribution in [-0.4, -0.2) is 90.5 Å². The van der Waals surface area contributed by atoms with E-state index < -0.39 is 30.1 Å². The van der Waals surface area contributed by atoms with E-state index in [1.54, 1.807) is 106 Å². The molecule has 4 aliphatic heterocycles. The predicted molar refractivity (Wildman–Crippen MR) is 394 cm³/mol. The number of hydrogen-bond donors (Lipinski definition) is 0. The van der Waals surface area contributed by atoms with Crippen molar-refractivity contribution in [3.05, 3.63) is 151 Å². The zero-order valence-electron chi connectivity index (χ0n) is 60.2. The molecular formula is C74H133N5O6S4. The van der Waals surface area contributed by atoms with Gasteiger partial charge in [-0.3, -0.25) is 0 Å². The molecule has 0 N–H and O–H groups in total. The summed E-state index contributed by atoms with van der Waals surface area (Å²) < 4.78 is 81.1. The number of sulfonamides is 3. The number of fused-ring (bicyclic) bond motifs is 3. The van der Waals surface area contributed by atoms with Gasteiger partial charge < -0.3 is 0 Å². The first kappa shape index (κ1) is 93.8. The lowest BCUT2D eigenvalue weighted by atomic mass is 9.73. The summed E-state index contributed by atoms with van der Waals surface area (Å²) in [7, 11) is -9.97. The molecule has 4 saturated heterocycles. The topological polar surface area (TPSA) is 138 Å². The fraction of sp³-hybridized carbons (Fsp3) is 0.622. The number of hydrogen-bond acceptors (Lipinski definition) is 9. The maximum atomic E-state index is 13.0. The maximum absolute atomic E-state index is 13.0. The first-order valence-electron chi connectivity index (χ1n) is 33.8. The molecule has 0 radical (unpaired) electrons.